The van der Waals surface area contributed by atoms with Gasteiger partial charge in [-0.1, -0.05) is 25.1 Å². The lowest BCUT2D eigenvalue weighted by Crippen LogP contribution is -2.51. The monoisotopic (exact) mass is 227 g/mol. The summed E-state index contributed by atoms with van der Waals surface area (Å²) in [5, 5.41) is 29.6. The molecule has 0 aromatic heterocycles. The van der Waals surface area contributed by atoms with Gasteiger partial charge in [0.05, 0.1) is 0 Å². The van der Waals surface area contributed by atoms with Crippen LogP contribution >= 0.6 is 0 Å². The topological polar surface area (TPSA) is 92.8 Å². The van der Waals surface area contributed by atoms with Crippen LogP contribution in [0.2, 0.25) is 0 Å². The lowest BCUT2D eigenvalue weighted by Gasteiger charge is -2.24. The van der Waals surface area contributed by atoms with Crippen molar-refractivity contribution in [2.75, 3.05) is 0 Å². The number of nitrogens with zero attached hydrogens (tertiary/aromatic N) is 1. The average Bonchev–Trinajstić information content (AvgIpc) is 2.18. The molecule has 1 aromatic carbocycles. The fraction of sp³-hybridized carbons (Fsp3) is 0.400. The van der Waals surface area contributed by atoms with Crippen molar-refractivity contribution in [2.45, 2.75) is 25.4 Å². The normalized spacial score (nSPS) is 13.2. The molecule has 0 amide bonds. The van der Waals surface area contributed by atoms with Gasteiger partial charge in [-0.3, -0.25) is 10.1 Å². The number of para-hydroxylation sites is 1. The minimum atomic E-state index is -2.81. The summed E-state index contributed by atoms with van der Waals surface area (Å²) < 4.78 is 4.79. The van der Waals surface area contributed by atoms with Crippen molar-refractivity contribution in [1.29, 1.82) is 0 Å². The number of aliphatic hydroxyl groups is 2. The Morgan fingerprint density at radius 1 is 1.44 bits per heavy atom. The highest BCUT2D eigenvalue weighted by atomic mass is 16.8. The maximum atomic E-state index is 10.6. The smallest absolute Gasteiger partial charge is 0.393 e. The van der Waals surface area contributed by atoms with E-state index in [0.29, 0.717) is 0 Å². The Hall–Kier alpha value is -1.66. The van der Waals surface area contributed by atoms with Gasteiger partial charge in [0, 0.05) is 11.3 Å². The molecule has 0 bridgehead atoms. The fourth-order valence-corrected chi connectivity index (χ4v) is 1.28. The predicted octanol–water partition coefficient (Wildman–Crippen LogP) is 0.759. The molecule has 16 heavy (non-hydrogen) atoms. The van der Waals surface area contributed by atoms with Gasteiger partial charge in [-0.25, -0.2) is 0 Å². The molecule has 0 heterocycles. The maximum absolute atomic E-state index is 10.6. The van der Waals surface area contributed by atoms with Crippen molar-refractivity contribution in [1.82, 2.24) is 0 Å². The van der Waals surface area contributed by atoms with Crippen LogP contribution in [0.3, 0.4) is 0 Å². The van der Waals surface area contributed by atoms with Gasteiger partial charge in [-0.15, -0.1) is 0 Å². The largest absolute Gasteiger partial charge is 0.434 e. The highest BCUT2D eigenvalue weighted by molar-refractivity contribution is 5.21. The molecule has 0 aliphatic carbocycles. The summed E-state index contributed by atoms with van der Waals surface area (Å²) in [5.41, 5.74) is 0. The summed E-state index contributed by atoms with van der Waals surface area (Å²) in [5.74, 6) is -2.65. The standard InChI is InChI=1S/C10H13NO5/c1-2-9(11(14)15)10(12,13)16-8-6-4-3-5-7-8/h3-7,9,12-13H,2H2,1H3. The molecule has 6 heteroatoms. The molecule has 0 fully saturated rings. The van der Waals surface area contributed by atoms with E-state index in [4.69, 9.17) is 4.74 Å². The van der Waals surface area contributed by atoms with Crippen LogP contribution in [0.5, 0.6) is 5.75 Å². The minimum Gasteiger partial charge on any atom is -0.434 e. The molecule has 1 atom stereocenters. The number of ether oxygens (including phenoxy) is 1. The zero-order chi connectivity index (χ0) is 12.2. The van der Waals surface area contributed by atoms with Crippen LogP contribution in [0.15, 0.2) is 30.3 Å². The van der Waals surface area contributed by atoms with Gasteiger partial charge in [0.2, 0.25) is 0 Å². The summed E-state index contributed by atoms with van der Waals surface area (Å²) in [7, 11) is 0. The molecule has 0 aliphatic rings. The number of rotatable bonds is 5. The lowest BCUT2D eigenvalue weighted by molar-refractivity contribution is -0.584. The Balaban J connectivity index is 2.81. The highest BCUT2D eigenvalue weighted by Gasteiger charge is 2.45. The fourth-order valence-electron chi connectivity index (χ4n) is 1.28. The Kier molecular flexibility index (Phi) is 3.81. The van der Waals surface area contributed by atoms with Gasteiger partial charge in [-0.05, 0) is 12.1 Å². The van der Waals surface area contributed by atoms with Gasteiger partial charge < -0.3 is 14.9 Å². The second-order valence-corrected chi connectivity index (χ2v) is 3.28. The zero-order valence-electron chi connectivity index (χ0n) is 8.74. The summed E-state index contributed by atoms with van der Waals surface area (Å²) in [6.45, 7) is 1.48. The van der Waals surface area contributed by atoms with Crippen molar-refractivity contribution in [3.63, 3.8) is 0 Å². The van der Waals surface area contributed by atoms with Crippen molar-refractivity contribution >= 4 is 0 Å². The lowest BCUT2D eigenvalue weighted by atomic mass is 10.2. The van der Waals surface area contributed by atoms with Crippen molar-refractivity contribution in [3.05, 3.63) is 40.4 Å². The van der Waals surface area contributed by atoms with Gasteiger partial charge in [-0.2, -0.15) is 0 Å². The first kappa shape index (κ1) is 12.4. The van der Waals surface area contributed by atoms with E-state index < -0.39 is 16.9 Å². The molecule has 0 spiro atoms. The molecule has 1 unspecified atom stereocenters. The van der Waals surface area contributed by atoms with E-state index in [-0.39, 0.29) is 12.2 Å². The third-order valence-electron chi connectivity index (χ3n) is 2.09. The van der Waals surface area contributed by atoms with Gasteiger partial charge in [0.15, 0.2) is 0 Å². The molecular formula is C10H13NO5. The van der Waals surface area contributed by atoms with Gasteiger partial charge in [0.25, 0.3) is 0 Å². The van der Waals surface area contributed by atoms with E-state index in [2.05, 4.69) is 0 Å². The molecule has 0 saturated carbocycles. The molecule has 1 aromatic rings. The summed E-state index contributed by atoms with van der Waals surface area (Å²) in [4.78, 5) is 9.80. The second kappa shape index (κ2) is 4.91. The van der Waals surface area contributed by atoms with Crippen LogP contribution in [0, 0.1) is 10.1 Å². The van der Waals surface area contributed by atoms with Crippen LogP contribution < -0.4 is 4.74 Å². The van der Waals surface area contributed by atoms with E-state index in [0.717, 1.165) is 0 Å². The average molecular weight is 227 g/mol. The highest BCUT2D eigenvalue weighted by Crippen LogP contribution is 2.20. The molecule has 0 saturated heterocycles. The third-order valence-corrected chi connectivity index (χ3v) is 2.09. The second-order valence-electron chi connectivity index (χ2n) is 3.28. The number of hydrogen-bond donors (Lipinski definition) is 2. The van der Waals surface area contributed by atoms with Crippen LogP contribution in [-0.4, -0.2) is 27.2 Å². The van der Waals surface area contributed by atoms with Crippen LogP contribution in [-0.2, 0) is 0 Å². The molecule has 88 valence electrons. The molecule has 1 rings (SSSR count). The van der Waals surface area contributed by atoms with E-state index in [9.17, 15) is 20.3 Å². The van der Waals surface area contributed by atoms with Gasteiger partial charge >= 0.3 is 12.0 Å². The maximum Gasteiger partial charge on any atom is 0.393 e. The molecule has 2 N–H and O–H groups in total. The SMILES string of the molecule is CCC([N+](=O)[O-])C(O)(O)Oc1ccccc1. The van der Waals surface area contributed by atoms with Crippen LogP contribution in [0.4, 0.5) is 0 Å². The molecule has 0 radical (unpaired) electrons. The first-order valence-corrected chi connectivity index (χ1v) is 4.79. The Labute approximate surface area is 92.2 Å². The first-order valence-electron chi connectivity index (χ1n) is 4.79. The van der Waals surface area contributed by atoms with Crippen molar-refractivity contribution < 1.29 is 19.9 Å². The Morgan fingerprint density at radius 2 is 2.00 bits per heavy atom. The summed E-state index contributed by atoms with van der Waals surface area (Å²) in [6, 6.07) is 6.33. The van der Waals surface area contributed by atoms with Crippen LogP contribution in [0.25, 0.3) is 0 Å². The van der Waals surface area contributed by atoms with Crippen molar-refractivity contribution in [2.24, 2.45) is 0 Å². The number of benzene rings is 1. The molecule has 6 nitrogen and oxygen atoms in total. The Bertz CT molecular complexity index is 351. The van der Waals surface area contributed by atoms with E-state index in [1.807, 2.05) is 0 Å². The predicted molar refractivity (Wildman–Crippen MR) is 55.3 cm³/mol. The summed E-state index contributed by atoms with van der Waals surface area (Å²) >= 11 is 0. The first-order chi connectivity index (χ1) is 7.47. The van der Waals surface area contributed by atoms with E-state index in [1.54, 1.807) is 18.2 Å². The minimum absolute atomic E-state index is 0.0488. The zero-order valence-corrected chi connectivity index (χ0v) is 8.74. The Morgan fingerprint density at radius 3 is 2.44 bits per heavy atom. The quantitative estimate of drug-likeness (QED) is 0.440. The number of hydrogen-bond acceptors (Lipinski definition) is 5. The molecular weight excluding hydrogens is 214 g/mol. The number of nitro groups is 1. The van der Waals surface area contributed by atoms with E-state index >= 15 is 0 Å². The molecule has 0 aliphatic heterocycles. The summed E-state index contributed by atoms with van der Waals surface area (Å²) in [6.07, 6.45) is -0.0488. The van der Waals surface area contributed by atoms with Gasteiger partial charge in [0.1, 0.15) is 5.75 Å². The van der Waals surface area contributed by atoms with Crippen LogP contribution in [0.1, 0.15) is 13.3 Å². The van der Waals surface area contributed by atoms with Crippen molar-refractivity contribution in [3.8, 4) is 5.75 Å². The third kappa shape index (κ3) is 2.91. The van der Waals surface area contributed by atoms with E-state index in [1.165, 1.54) is 19.1 Å².